The summed E-state index contributed by atoms with van der Waals surface area (Å²) in [5, 5.41) is 12.3. The zero-order valence-electron chi connectivity index (χ0n) is 9.24. The number of hydrogen-bond donors (Lipinski definition) is 3. The lowest BCUT2D eigenvalue weighted by Crippen LogP contribution is -2.33. The van der Waals surface area contributed by atoms with Gasteiger partial charge in [-0.2, -0.15) is 0 Å². The third-order valence-corrected chi connectivity index (χ3v) is 2.51. The smallest absolute Gasteiger partial charge is 0.0584 e. The third-order valence-electron chi connectivity index (χ3n) is 2.51. The Hall–Kier alpha value is -1.06. The number of nitrogens with one attached hydrogen (secondary N) is 1. The maximum Gasteiger partial charge on any atom is 0.0584 e. The molecule has 1 aromatic rings. The lowest BCUT2D eigenvalue weighted by Gasteiger charge is -2.13. The fraction of sp³-hybridized carbons (Fsp3) is 0.500. The van der Waals surface area contributed by atoms with Crippen molar-refractivity contribution in [2.24, 2.45) is 0 Å². The van der Waals surface area contributed by atoms with Crippen LogP contribution >= 0.6 is 0 Å². The van der Waals surface area contributed by atoms with E-state index >= 15 is 0 Å². The van der Waals surface area contributed by atoms with Gasteiger partial charge in [0.25, 0.3) is 0 Å². The first-order chi connectivity index (χ1) is 7.26. The van der Waals surface area contributed by atoms with Gasteiger partial charge in [-0.05, 0) is 37.1 Å². The number of rotatable bonds is 6. The number of aliphatic hydroxyl groups is 1. The molecular formula is C12H20N2O. The van der Waals surface area contributed by atoms with Crippen LogP contribution in [0.4, 0.5) is 5.69 Å². The van der Waals surface area contributed by atoms with E-state index in [-0.39, 0.29) is 12.6 Å². The van der Waals surface area contributed by atoms with Gasteiger partial charge < -0.3 is 16.2 Å². The summed E-state index contributed by atoms with van der Waals surface area (Å²) >= 11 is 0. The van der Waals surface area contributed by atoms with E-state index in [9.17, 15) is 0 Å². The maximum atomic E-state index is 8.98. The lowest BCUT2D eigenvalue weighted by atomic mass is 10.1. The fourth-order valence-corrected chi connectivity index (χ4v) is 1.51. The van der Waals surface area contributed by atoms with Crippen molar-refractivity contribution >= 4 is 5.69 Å². The van der Waals surface area contributed by atoms with Crippen LogP contribution < -0.4 is 11.1 Å². The molecule has 0 bridgehead atoms. The zero-order chi connectivity index (χ0) is 11.1. The molecule has 3 nitrogen and oxygen atoms in total. The molecule has 15 heavy (non-hydrogen) atoms. The Morgan fingerprint density at radius 3 is 2.87 bits per heavy atom. The van der Waals surface area contributed by atoms with Gasteiger partial charge in [0.15, 0.2) is 0 Å². The predicted octanol–water partition coefficient (Wildman–Crippen LogP) is 1.17. The molecular weight excluding hydrogens is 188 g/mol. The summed E-state index contributed by atoms with van der Waals surface area (Å²) in [6.45, 7) is 3.14. The van der Waals surface area contributed by atoms with E-state index in [1.54, 1.807) is 0 Å². The van der Waals surface area contributed by atoms with Crippen molar-refractivity contribution in [2.75, 3.05) is 18.9 Å². The number of nitrogen functional groups attached to an aromatic ring is 1. The Kier molecular flexibility index (Phi) is 5.15. The molecule has 0 aliphatic rings. The van der Waals surface area contributed by atoms with Gasteiger partial charge in [0.05, 0.1) is 6.61 Å². The predicted molar refractivity (Wildman–Crippen MR) is 63.7 cm³/mol. The molecule has 0 spiro atoms. The summed E-state index contributed by atoms with van der Waals surface area (Å²) in [5.41, 5.74) is 7.72. The van der Waals surface area contributed by atoms with Gasteiger partial charge in [0.1, 0.15) is 0 Å². The second-order valence-corrected chi connectivity index (χ2v) is 3.74. The molecule has 0 fully saturated rings. The Bertz CT molecular complexity index is 285. The highest BCUT2D eigenvalue weighted by atomic mass is 16.3. The van der Waals surface area contributed by atoms with Gasteiger partial charge in [-0.25, -0.2) is 0 Å². The van der Waals surface area contributed by atoms with Gasteiger partial charge >= 0.3 is 0 Å². The van der Waals surface area contributed by atoms with Crippen LogP contribution in [0.25, 0.3) is 0 Å². The summed E-state index contributed by atoms with van der Waals surface area (Å²) in [5.74, 6) is 0. The van der Waals surface area contributed by atoms with Crippen molar-refractivity contribution in [1.82, 2.24) is 5.32 Å². The third kappa shape index (κ3) is 4.32. The van der Waals surface area contributed by atoms with Crippen molar-refractivity contribution in [3.05, 3.63) is 29.8 Å². The first-order valence-corrected chi connectivity index (χ1v) is 5.45. The van der Waals surface area contributed by atoms with E-state index in [0.29, 0.717) is 0 Å². The van der Waals surface area contributed by atoms with E-state index in [1.165, 1.54) is 5.56 Å². The SMILES string of the molecule is CCC(CO)NCCc1cccc(N)c1. The maximum absolute atomic E-state index is 8.98. The monoisotopic (exact) mass is 208 g/mol. The van der Waals surface area contributed by atoms with Gasteiger partial charge in [-0.3, -0.25) is 0 Å². The van der Waals surface area contributed by atoms with Crippen LogP contribution in [0, 0.1) is 0 Å². The van der Waals surface area contributed by atoms with E-state index in [2.05, 4.69) is 18.3 Å². The van der Waals surface area contributed by atoms with Crippen LogP contribution in [0.15, 0.2) is 24.3 Å². The topological polar surface area (TPSA) is 58.3 Å². The minimum atomic E-state index is 0.202. The van der Waals surface area contributed by atoms with Crippen LogP contribution in [-0.4, -0.2) is 24.3 Å². The molecule has 1 rings (SSSR count). The van der Waals surface area contributed by atoms with Gasteiger partial charge in [0, 0.05) is 11.7 Å². The van der Waals surface area contributed by atoms with Crippen molar-refractivity contribution in [2.45, 2.75) is 25.8 Å². The molecule has 84 valence electrons. The highest BCUT2D eigenvalue weighted by molar-refractivity contribution is 5.40. The number of aliphatic hydroxyl groups excluding tert-OH is 1. The van der Waals surface area contributed by atoms with Gasteiger partial charge in [-0.15, -0.1) is 0 Å². The Balaban J connectivity index is 2.31. The van der Waals surface area contributed by atoms with Crippen molar-refractivity contribution in [3.8, 4) is 0 Å². The molecule has 1 atom stereocenters. The molecule has 4 N–H and O–H groups in total. The summed E-state index contributed by atoms with van der Waals surface area (Å²) in [4.78, 5) is 0. The summed E-state index contributed by atoms with van der Waals surface area (Å²) < 4.78 is 0. The molecule has 0 aliphatic carbocycles. The Labute approximate surface area is 91.3 Å². The second-order valence-electron chi connectivity index (χ2n) is 3.74. The Morgan fingerprint density at radius 1 is 1.47 bits per heavy atom. The highest BCUT2D eigenvalue weighted by Crippen LogP contribution is 2.06. The van der Waals surface area contributed by atoms with E-state index in [1.807, 2.05) is 18.2 Å². The number of benzene rings is 1. The molecule has 3 heteroatoms. The van der Waals surface area contributed by atoms with Crippen molar-refractivity contribution in [3.63, 3.8) is 0 Å². The van der Waals surface area contributed by atoms with E-state index < -0.39 is 0 Å². The fourth-order valence-electron chi connectivity index (χ4n) is 1.51. The number of anilines is 1. The van der Waals surface area contributed by atoms with Crippen LogP contribution in [0.3, 0.4) is 0 Å². The molecule has 0 saturated carbocycles. The molecule has 1 unspecified atom stereocenters. The normalized spacial score (nSPS) is 12.7. The van der Waals surface area contributed by atoms with Gasteiger partial charge in [0.2, 0.25) is 0 Å². The van der Waals surface area contributed by atoms with Crippen molar-refractivity contribution < 1.29 is 5.11 Å². The lowest BCUT2D eigenvalue weighted by molar-refractivity contribution is 0.240. The second kappa shape index (κ2) is 6.43. The molecule has 0 heterocycles. The highest BCUT2D eigenvalue weighted by Gasteiger charge is 2.02. The van der Waals surface area contributed by atoms with E-state index in [0.717, 1.165) is 25.1 Å². The quantitative estimate of drug-likeness (QED) is 0.615. The molecule has 0 amide bonds. The molecule has 1 aromatic carbocycles. The number of hydrogen-bond acceptors (Lipinski definition) is 3. The molecule has 0 saturated heterocycles. The largest absolute Gasteiger partial charge is 0.399 e. The Morgan fingerprint density at radius 2 is 2.27 bits per heavy atom. The van der Waals surface area contributed by atoms with E-state index in [4.69, 9.17) is 10.8 Å². The van der Waals surface area contributed by atoms with Crippen LogP contribution in [0.2, 0.25) is 0 Å². The van der Waals surface area contributed by atoms with Crippen molar-refractivity contribution in [1.29, 1.82) is 0 Å². The average molecular weight is 208 g/mol. The molecule has 0 aliphatic heterocycles. The standard InChI is InChI=1S/C12H20N2O/c1-2-12(9-15)14-7-6-10-4-3-5-11(13)8-10/h3-5,8,12,14-15H,2,6-7,9,13H2,1H3. The number of nitrogens with two attached hydrogens (primary N) is 1. The summed E-state index contributed by atoms with van der Waals surface area (Å²) in [6.07, 6.45) is 1.90. The minimum absolute atomic E-state index is 0.202. The van der Waals surface area contributed by atoms with Crippen LogP contribution in [0.5, 0.6) is 0 Å². The first-order valence-electron chi connectivity index (χ1n) is 5.45. The molecule has 0 aromatic heterocycles. The van der Waals surface area contributed by atoms with Crippen LogP contribution in [0.1, 0.15) is 18.9 Å². The summed E-state index contributed by atoms with van der Waals surface area (Å²) in [7, 11) is 0. The van der Waals surface area contributed by atoms with Crippen LogP contribution in [-0.2, 0) is 6.42 Å². The average Bonchev–Trinajstić information content (AvgIpc) is 2.25. The molecule has 0 radical (unpaired) electrons. The van der Waals surface area contributed by atoms with Gasteiger partial charge in [-0.1, -0.05) is 19.1 Å². The zero-order valence-corrected chi connectivity index (χ0v) is 9.24. The summed E-state index contributed by atoms with van der Waals surface area (Å²) in [6, 6.07) is 8.12. The first kappa shape index (κ1) is 12.0. The minimum Gasteiger partial charge on any atom is -0.399 e.